The van der Waals surface area contributed by atoms with E-state index in [0.29, 0.717) is 6.61 Å². The summed E-state index contributed by atoms with van der Waals surface area (Å²) in [4.78, 5) is 0. The van der Waals surface area contributed by atoms with Gasteiger partial charge >= 0.3 is 0 Å². The molecule has 92 valence electrons. The van der Waals surface area contributed by atoms with Crippen LogP contribution in [0.2, 0.25) is 0 Å². The third-order valence-corrected chi connectivity index (χ3v) is 2.34. The molecule has 0 aliphatic heterocycles. The predicted octanol–water partition coefficient (Wildman–Crippen LogP) is 1.77. The summed E-state index contributed by atoms with van der Waals surface area (Å²) in [6.45, 7) is 10.0. The van der Waals surface area contributed by atoms with Gasteiger partial charge < -0.3 is 10.1 Å². The molecular formula is C12H23N3O. The van der Waals surface area contributed by atoms with Crippen molar-refractivity contribution < 1.29 is 4.74 Å². The van der Waals surface area contributed by atoms with Crippen LogP contribution in [0.1, 0.15) is 32.5 Å². The second kappa shape index (κ2) is 5.46. The van der Waals surface area contributed by atoms with Gasteiger partial charge in [-0.05, 0) is 33.8 Å². The lowest BCUT2D eigenvalue weighted by molar-refractivity contribution is 0.144. The van der Waals surface area contributed by atoms with Gasteiger partial charge in [0.1, 0.15) is 0 Å². The molecule has 4 heteroatoms. The highest BCUT2D eigenvalue weighted by molar-refractivity contribution is 4.96. The summed E-state index contributed by atoms with van der Waals surface area (Å²) < 4.78 is 7.20. The third kappa shape index (κ3) is 4.33. The van der Waals surface area contributed by atoms with Gasteiger partial charge in [0.15, 0.2) is 0 Å². The molecule has 0 spiro atoms. The van der Waals surface area contributed by atoms with Crippen LogP contribution in [0.5, 0.6) is 0 Å². The maximum absolute atomic E-state index is 5.23. The van der Waals surface area contributed by atoms with Crippen molar-refractivity contribution in [3.05, 3.63) is 18.0 Å². The Morgan fingerprint density at radius 1 is 1.50 bits per heavy atom. The van der Waals surface area contributed by atoms with Gasteiger partial charge in [0, 0.05) is 25.4 Å². The minimum atomic E-state index is 0.119. The molecule has 0 saturated carbocycles. The van der Waals surface area contributed by atoms with Crippen molar-refractivity contribution in [3.63, 3.8) is 0 Å². The summed E-state index contributed by atoms with van der Waals surface area (Å²) in [5.41, 5.74) is 1.16. The van der Waals surface area contributed by atoms with Gasteiger partial charge in [-0.15, -0.1) is 0 Å². The Bertz CT molecular complexity index is 314. The van der Waals surface area contributed by atoms with Crippen molar-refractivity contribution in [3.8, 4) is 0 Å². The van der Waals surface area contributed by atoms with Crippen molar-refractivity contribution in [2.24, 2.45) is 0 Å². The lowest BCUT2D eigenvalue weighted by atomic mass is 10.1. The van der Waals surface area contributed by atoms with E-state index in [1.165, 1.54) is 0 Å². The van der Waals surface area contributed by atoms with E-state index in [9.17, 15) is 0 Å². The zero-order chi connectivity index (χ0) is 12.2. The Kier molecular flexibility index (Phi) is 4.50. The highest BCUT2D eigenvalue weighted by Gasteiger charge is 2.16. The summed E-state index contributed by atoms with van der Waals surface area (Å²) in [6.07, 6.45) is 2.00. The molecule has 16 heavy (non-hydrogen) atoms. The largest absolute Gasteiger partial charge is 0.382 e. The number of nitrogens with zero attached hydrogens (tertiary/aromatic N) is 2. The molecule has 0 fully saturated rings. The first kappa shape index (κ1) is 13.2. The van der Waals surface area contributed by atoms with E-state index in [4.69, 9.17) is 4.74 Å². The first-order valence-corrected chi connectivity index (χ1v) is 5.68. The molecular weight excluding hydrogens is 202 g/mol. The number of aromatic nitrogens is 2. The van der Waals surface area contributed by atoms with E-state index >= 15 is 0 Å². The van der Waals surface area contributed by atoms with Crippen molar-refractivity contribution in [2.75, 3.05) is 20.3 Å². The number of hydrogen-bond acceptors (Lipinski definition) is 3. The average Bonchev–Trinajstić information content (AvgIpc) is 2.57. The van der Waals surface area contributed by atoms with Crippen molar-refractivity contribution in [2.45, 2.75) is 39.3 Å². The fourth-order valence-electron chi connectivity index (χ4n) is 1.48. The zero-order valence-corrected chi connectivity index (χ0v) is 10.9. The average molecular weight is 225 g/mol. The van der Waals surface area contributed by atoms with Gasteiger partial charge in [0.25, 0.3) is 0 Å². The number of nitrogens with one attached hydrogen (secondary N) is 1. The fraction of sp³-hybridized carbons (Fsp3) is 0.750. The van der Waals surface area contributed by atoms with Gasteiger partial charge in [-0.2, -0.15) is 5.10 Å². The van der Waals surface area contributed by atoms with Crippen molar-refractivity contribution >= 4 is 0 Å². The zero-order valence-electron chi connectivity index (χ0n) is 10.9. The molecule has 1 aromatic heterocycles. The van der Waals surface area contributed by atoms with Crippen LogP contribution < -0.4 is 5.32 Å². The number of methoxy groups -OCH3 is 1. The van der Waals surface area contributed by atoms with E-state index in [1.54, 1.807) is 7.11 Å². The second-order valence-electron chi connectivity index (χ2n) is 5.18. The van der Waals surface area contributed by atoms with E-state index in [2.05, 4.69) is 31.2 Å². The number of aryl methyl sites for hydroxylation is 1. The molecule has 1 aromatic rings. The maximum atomic E-state index is 5.23. The Balaban J connectivity index is 2.61. The molecule has 4 nitrogen and oxygen atoms in total. The quantitative estimate of drug-likeness (QED) is 0.830. The summed E-state index contributed by atoms with van der Waals surface area (Å²) in [5, 5.41) is 7.90. The monoisotopic (exact) mass is 225 g/mol. The first-order valence-electron chi connectivity index (χ1n) is 5.68. The van der Waals surface area contributed by atoms with Gasteiger partial charge in [0.05, 0.1) is 18.3 Å². The number of ether oxygens (including phenoxy) is 1. The molecule has 1 heterocycles. The van der Waals surface area contributed by atoms with E-state index < -0.39 is 0 Å². The molecule has 1 N–H and O–H groups in total. The summed E-state index contributed by atoms with van der Waals surface area (Å²) in [6, 6.07) is 2.26. The summed E-state index contributed by atoms with van der Waals surface area (Å²) >= 11 is 0. The van der Waals surface area contributed by atoms with Crippen LogP contribution in [0.25, 0.3) is 0 Å². The molecule has 1 atom stereocenters. The van der Waals surface area contributed by atoms with Crippen LogP contribution >= 0.6 is 0 Å². The van der Waals surface area contributed by atoms with Crippen molar-refractivity contribution in [1.29, 1.82) is 0 Å². The van der Waals surface area contributed by atoms with Crippen LogP contribution in [0.3, 0.4) is 0 Å². The number of rotatable bonds is 5. The molecule has 0 amide bonds. The standard InChI is InChI=1S/C12H23N3O/c1-10-6-7-15(14-10)11(9-16-5)8-13-12(2,3)4/h6-7,11,13H,8-9H2,1-5H3. The smallest absolute Gasteiger partial charge is 0.0876 e. The minimum absolute atomic E-state index is 0.119. The van der Waals surface area contributed by atoms with Gasteiger partial charge in [-0.3, -0.25) is 4.68 Å². The van der Waals surface area contributed by atoms with E-state index in [-0.39, 0.29) is 11.6 Å². The predicted molar refractivity (Wildman–Crippen MR) is 65.6 cm³/mol. The van der Waals surface area contributed by atoms with Gasteiger partial charge in [-0.25, -0.2) is 0 Å². The lowest BCUT2D eigenvalue weighted by Gasteiger charge is -2.25. The normalized spacial score (nSPS) is 14.1. The molecule has 0 aliphatic rings. The maximum Gasteiger partial charge on any atom is 0.0876 e. The summed E-state index contributed by atoms with van der Waals surface area (Å²) in [7, 11) is 1.72. The lowest BCUT2D eigenvalue weighted by Crippen LogP contribution is -2.40. The highest BCUT2D eigenvalue weighted by atomic mass is 16.5. The van der Waals surface area contributed by atoms with Crippen LogP contribution in [-0.2, 0) is 4.74 Å². The Morgan fingerprint density at radius 3 is 2.62 bits per heavy atom. The SMILES string of the molecule is COCC(CNC(C)(C)C)n1ccc(C)n1. The van der Waals surface area contributed by atoms with Crippen LogP contribution in [0, 0.1) is 6.92 Å². The molecule has 0 saturated heterocycles. The van der Waals surface area contributed by atoms with Crippen LogP contribution in [0.15, 0.2) is 12.3 Å². The van der Waals surface area contributed by atoms with Crippen LogP contribution in [0.4, 0.5) is 0 Å². The molecule has 0 aromatic carbocycles. The molecule has 1 rings (SSSR count). The number of hydrogen-bond donors (Lipinski definition) is 1. The molecule has 0 aliphatic carbocycles. The van der Waals surface area contributed by atoms with Crippen LogP contribution in [-0.4, -0.2) is 35.6 Å². The Morgan fingerprint density at radius 2 is 2.19 bits per heavy atom. The Labute approximate surface area is 98.0 Å². The van der Waals surface area contributed by atoms with E-state index in [0.717, 1.165) is 12.2 Å². The van der Waals surface area contributed by atoms with E-state index in [1.807, 2.05) is 23.9 Å². The van der Waals surface area contributed by atoms with Gasteiger partial charge in [0.2, 0.25) is 0 Å². The summed E-state index contributed by atoms with van der Waals surface area (Å²) in [5.74, 6) is 0. The molecule has 0 bridgehead atoms. The third-order valence-electron chi connectivity index (χ3n) is 2.34. The molecule has 1 unspecified atom stereocenters. The fourth-order valence-corrected chi connectivity index (χ4v) is 1.48. The molecule has 0 radical (unpaired) electrons. The van der Waals surface area contributed by atoms with Gasteiger partial charge in [-0.1, -0.05) is 0 Å². The minimum Gasteiger partial charge on any atom is -0.382 e. The topological polar surface area (TPSA) is 39.1 Å². The second-order valence-corrected chi connectivity index (χ2v) is 5.18. The highest BCUT2D eigenvalue weighted by Crippen LogP contribution is 2.08. The Hall–Kier alpha value is -0.870. The van der Waals surface area contributed by atoms with Crippen molar-refractivity contribution in [1.82, 2.24) is 15.1 Å². The first-order chi connectivity index (χ1) is 7.42.